The number of thioether (sulfide) groups is 1. The van der Waals surface area contributed by atoms with Gasteiger partial charge in [0.2, 0.25) is 5.91 Å². The molecule has 0 aliphatic rings. The van der Waals surface area contributed by atoms with Crippen LogP contribution < -0.4 is 5.32 Å². The second-order valence-corrected chi connectivity index (χ2v) is 6.54. The summed E-state index contributed by atoms with van der Waals surface area (Å²) in [7, 11) is 0. The first-order valence-electron chi connectivity index (χ1n) is 8.23. The fraction of sp³-hybridized carbons (Fsp3) is 0.100. The molecule has 6 nitrogen and oxygen atoms in total. The number of carbonyl (C=O) groups excluding carboxylic acids is 1. The van der Waals surface area contributed by atoms with E-state index >= 15 is 0 Å². The fourth-order valence-corrected chi connectivity index (χ4v) is 3.19. The van der Waals surface area contributed by atoms with E-state index in [9.17, 15) is 4.79 Å². The summed E-state index contributed by atoms with van der Waals surface area (Å²) < 4.78 is 1.93. The molecule has 1 heterocycles. The van der Waals surface area contributed by atoms with Gasteiger partial charge < -0.3 is 5.32 Å². The Hall–Kier alpha value is -3.37. The van der Waals surface area contributed by atoms with Crippen LogP contribution in [0.25, 0.3) is 11.4 Å². The van der Waals surface area contributed by atoms with Crippen molar-refractivity contribution >= 4 is 23.4 Å². The predicted octanol–water partition coefficient (Wildman–Crippen LogP) is 3.73. The molecule has 1 N–H and O–H groups in total. The van der Waals surface area contributed by atoms with Gasteiger partial charge in [0.1, 0.15) is 0 Å². The van der Waals surface area contributed by atoms with Crippen LogP contribution in [0.15, 0.2) is 72.4 Å². The van der Waals surface area contributed by atoms with Gasteiger partial charge in [0.25, 0.3) is 0 Å². The van der Waals surface area contributed by atoms with E-state index in [1.807, 2.05) is 41.0 Å². The maximum Gasteiger partial charge on any atom is 0.234 e. The summed E-state index contributed by atoms with van der Waals surface area (Å²) in [5.41, 5.74) is 2.16. The number of benzene rings is 2. The molecule has 2 aromatic carbocycles. The first-order chi connectivity index (χ1) is 13.2. The van der Waals surface area contributed by atoms with Crippen LogP contribution in [0.3, 0.4) is 0 Å². The summed E-state index contributed by atoms with van der Waals surface area (Å²) in [6.45, 7) is 4.34. The average molecular weight is 375 g/mol. The minimum atomic E-state index is -0.154. The van der Waals surface area contributed by atoms with Crippen molar-refractivity contribution in [2.24, 2.45) is 0 Å². The Labute approximate surface area is 161 Å². The van der Waals surface area contributed by atoms with Crippen LogP contribution in [0.2, 0.25) is 0 Å². The van der Waals surface area contributed by atoms with Crippen molar-refractivity contribution in [2.75, 3.05) is 11.1 Å². The third kappa shape index (κ3) is 4.63. The SMILES string of the molecule is C=CCn1c(SCC(=O)Nc2ccc(C#N)cc2)nnc1-c1ccccc1. The van der Waals surface area contributed by atoms with Gasteiger partial charge in [0.05, 0.1) is 17.4 Å². The summed E-state index contributed by atoms with van der Waals surface area (Å²) >= 11 is 1.31. The lowest BCUT2D eigenvalue weighted by Gasteiger charge is -2.08. The van der Waals surface area contributed by atoms with Gasteiger partial charge in [-0.25, -0.2) is 0 Å². The molecule has 0 saturated carbocycles. The second-order valence-electron chi connectivity index (χ2n) is 5.60. The minimum Gasteiger partial charge on any atom is -0.325 e. The van der Waals surface area contributed by atoms with Crippen molar-refractivity contribution in [3.8, 4) is 17.5 Å². The van der Waals surface area contributed by atoms with Crippen LogP contribution >= 0.6 is 11.8 Å². The van der Waals surface area contributed by atoms with Crippen molar-refractivity contribution in [3.63, 3.8) is 0 Å². The van der Waals surface area contributed by atoms with Gasteiger partial charge in [-0.3, -0.25) is 9.36 Å². The van der Waals surface area contributed by atoms with Gasteiger partial charge in [0.15, 0.2) is 11.0 Å². The molecular formula is C20H17N5OS. The van der Waals surface area contributed by atoms with Crippen LogP contribution in [0.1, 0.15) is 5.56 Å². The van der Waals surface area contributed by atoms with Gasteiger partial charge >= 0.3 is 0 Å². The Morgan fingerprint density at radius 2 is 1.93 bits per heavy atom. The first-order valence-corrected chi connectivity index (χ1v) is 9.22. The number of rotatable bonds is 7. The van der Waals surface area contributed by atoms with E-state index in [1.54, 1.807) is 30.3 Å². The lowest BCUT2D eigenvalue weighted by Crippen LogP contribution is -2.14. The molecule has 0 atom stereocenters. The molecule has 0 aliphatic heterocycles. The molecular weight excluding hydrogens is 358 g/mol. The van der Waals surface area contributed by atoms with E-state index in [-0.39, 0.29) is 11.7 Å². The standard InChI is InChI=1S/C20H17N5OS/c1-2-12-25-19(16-6-4-3-5-7-16)23-24-20(25)27-14-18(26)22-17-10-8-15(13-21)9-11-17/h2-11H,1,12,14H2,(H,22,26). The Kier molecular flexibility index (Phi) is 6.02. The molecule has 1 aromatic heterocycles. The molecule has 0 fully saturated rings. The molecule has 27 heavy (non-hydrogen) atoms. The third-order valence-corrected chi connectivity index (χ3v) is 4.66. The van der Waals surface area contributed by atoms with Gasteiger partial charge in [-0.1, -0.05) is 48.2 Å². The van der Waals surface area contributed by atoms with Crippen LogP contribution in [0.4, 0.5) is 5.69 Å². The summed E-state index contributed by atoms with van der Waals surface area (Å²) in [4.78, 5) is 12.2. The van der Waals surface area contributed by atoms with Gasteiger partial charge in [-0.05, 0) is 24.3 Å². The van der Waals surface area contributed by atoms with E-state index in [0.29, 0.717) is 23.0 Å². The van der Waals surface area contributed by atoms with E-state index in [2.05, 4.69) is 22.1 Å². The fourth-order valence-electron chi connectivity index (χ4n) is 2.45. The van der Waals surface area contributed by atoms with Gasteiger partial charge in [-0.15, -0.1) is 16.8 Å². The quantitative estimate of drug-likeness (QED) is 0.502. The first kappa shape index (κ1) is 18.4. The highest BCUT2D eigenvalue weighted by Crippen LogP contribution is 2.24. The molecule has 134 valence electrons. The zero-order chi connectivity index (χ0) is 19.1. The van der Waals surface area contributed by atoms with Crippen molar-refractivity contribution in [1.29, 1.82) is 5.26 Å². The summed E-state index contributed by atoms with van der Waals surface area (Å²) in [5.74, 6) is 0.786. The molecule has 1 amide bonds. The van der Waals surface area contributed by atoms with E-state index in [1.165, 1.54) is 11.8 Å². The van der Waals surface area contributed by atoms with Crippen LogP contribution in [-0.2, 0) is 11.3 Å². The lowest BCUT2D eigenvalue weighted by atomic mass is 10.2. The number of nitrogens with zero attached hydrogens (tertiary/aromatic N) is 4. The normalized spacial score (nSPS) is 10.2. The molecule has 3 rings (SSSR count). The lowest BCUT2D eigenvalue weighted by molar-refractivity contribution is -0.113. The Bertz CT molecular complexity index is 974. The number of hydrogen-bond donors (Lipinski definition) is 1. The Morgan fingerprint density at radius 3 is 2.59 bits per heavy atom. The van der Waals surface area contributed by atoms with Crippen molar-refractivity contribution in [3.05, 3.63) is 72.8 Å². The van der Waals surface area contributed by atoms with Crippen LogP contribution in [0.5, 0.6) is 0 Å². The summed E-state index contributed by atoms with van der Waals surface area (Å²) in [5, 5.41) is 20.8. The number of carbonyl (C=O) groups is 1. The van der Waals surface area contributed by atoms with Crippen molar-refractivity contribution in [2.45, 2.75) is 11.7 Å². The minimum absolute atomic E-state index is 0.154. The Morgan fingerprint density at radius 1 is 1.19 bits per heavy atom. The molecule has 0 unspecified atom stereocenters. The van der Waals surface area contributed by atoms with E-state index in [4.69, 9.17) is 5.26 Å². The van der Waals surface area contributed by atoms with Crippen LogP contribution in [0, 0.1) is 11.3 Å². The number of amides is 1. The van der Waals surface area contributed by atoms with E-state index in [0.717, 1.165) is 11.4 Å². The largest absolute Gasteiger partial charge is 0.325 e. The highest BCUT2D eigenvalue weighted by Gasteiger charge is 2.14. The number of nitrogens with one attached hydrogen (secondary N) is 1. The van der Waals surface area contributed by atoms with Crippen molar-refractivity contribution in [1.82, 2.24) is 14.8 Å². The molecule has 0 bridgehead atoms. The molecule has 3 aromatic rings. The summed E-state index contributed by atoms with van der Waals surface area (Å²) in [6, 6.07) is 18.5. The van der Waals surface area contributed by atoms with E-state index < -0.39 is 0 Å². The number of aromatic nitrogens is 3. The molecule has 0 aliphatic carbocycles. The van der Waals surface area contributed by atoms with Gasteiger partial charge in [-0.2, -0.15) is 5.26 Å². The number of hydrogen-bond acceptors (Lipinski definition) is 5. The third-order valence-electron chi connectivity index (χ3n) is 3.69. The molecule has 7 heteroatoms. The zero-order valence-electron chi connectivity index (χ0n) is 14.5. The monoisotopic (exact) mass is 375 g/mol. The summed E-state index contributed by atoms with van der Waals surface area (Å²) in [6.07, 6.45) is 1.77. The number of nitriles is 1. The second kappa shape index (κ2) is 8.83. The molecule has 0 saturated heterocycles. The Balaban J connectivity index is 1.68. The topological polar surface area (TPSA) is 83.6 Å². The van der Waals surface area contributed by atoms with Gasteiger partial charge in [0, 0.05) is 17.8 Å². The zero-order valence-corrected chi connectivity index (χ0v) is 15.3. The maximum absolute atomic E-state index is 12.2. The smallest absolute Gasteiger partial charge is 0.234 e. The average Bonchev–Trinajstić information content (AvgIpc) is 3.10. The number of allylic oxidation sites excluding steroid dienone is 1. The maximum atomic E-state index is 12.2. The van der Waals surface area contributed by atoms with Crippen LogP contribution in [-0.4, -0.2) is 26.4 Å². The molecule has 0 spiro atoms. The number of anilines is 1. The highest BCUT2D eigenvalue weighted by molar-refractivity contribution is 7.99. The van der Waals surface area contributed by atoms with Crippen molar-refractivity contribution < 1.29 is 4.79 Å². The predicted molar refractivity (Wildman–Crippen MR) is 106 cm³/mol. The highest BCUT2D eigenvalue weighted by atomic mass is 32.2. The molecule has 0 radical (unpaired) electrons.